The average Bonchev–Trinajstić information content (AvgIpc) is 3.11. The normalized spacial score (nSPS) is 35.0. The van der Waals surface area contributed by atoms with Crippen molar-refractivity contribution < 1.29 is 9.84 Å². The van der Waals surface area contributed by atoms with E-state index in [-0.39, 0.29) is 17.6 Å². The van der Waals surface area contributed by atoms with Gasteiger partial charge >= 0.3 is 0 Å². The molecule has 0 unspecified atom stereocenters. The number of aliphatic hydroxyl groups excluding tert-OH is 1. The first kappa shape index (κ1) is 14.7. The molecule has 0 aromatic rings. The van der Waals surface area contributed by atoms with Gasteiger partial charge in [-0.25, -0.2) is 0 Å². The van der Waals surface area contributed by atoms with E-state index in [1.807, 2.05) is 0 Å². The highest BCUT2D eigenvalue weighted by molar-refractivity contribution is 8.14. The standard InChI is InChI=1S/C15H26N2O2S/c1-2-3-6-12(18)13-8-7-11-14(19-13)20-15(16-11)17-9-4-5-10-17/h11-14,18H,2-10H2,1H3/t11-,12+,13-,14-/m1/s1. The second-order valence-electron chi connectivity index (χ2n) is 6.12. The van der Waals surface area contributed by atoms with Gasteiger partial charge in [0.2, 0.25) is 0 Å². The molecule has 20 heavy (non-hydrogen) atoms. The molecule has 0 saturated carbocycles. The van der Waals surface area contributed by atoms with Gasteiger partial charge in [-0.15, -0.1) is 0 Å². The molecule has 0 aromatic heterocycles. The Labute approximate surface area is 126 Å². The van der Waals surface area contributed by atoms with Crippen LogP contribution in [0.1, 0.15) is 51.9 Å². The smallest absolute Gasteiger partial charge is 0.162 e. The van der Waals surface area contributed by atoms with Crippen LogP contribution in [0.25, 0.3) is 0 Å². The quantitative estimate of drug-likeness (QED) is 0.866. The van der Waals surface area contributed by atoms with Crippen LogP contribution in [0.2, 0.25) is 0 Å². The number of hydrogen-bond acceptors (Lipinski definition) is 5. The molecule has 2 fully saturated rings. The fourth-order valence-electron chi connectivity index (χ4n) is 3.26. The molecule has 0 bridgehead atoms. The monoisotopic (exact) mass is 298 g/mol. The Morgan fingerprint density at radius 2 is 2.20 bits per heavy atom. The lowest BCUT2D eigenvalue weighted by molar-refractivity contribution is -0.0819. The molecular weight excluding hydrogens is 272 g/mol. The molecular formula is C15H26N2O2S. The maximum atomic E-state index is 10.2. The zero-order valence-corrected chi connectivity index (χ0v) is 13.1. The molecule has 3 rings (SSSR count). The van der Waals surface area contributed by atoms with Gasteiger partial charge < -0.3 is 14.7 Å². The molecule has 3 aliphatic heterocycles. The Bertz CT molecular complexity index is 358. The summed E-state index contributed by atoms with van der Waals surface area (Å²) in [6, 6.07) is 0.310. The van der Waals surface area contributed by atoms with Crippen molar-refractivity contribution in [2.75, 3.05) is 13.1 Å². The Morgan fingerprint density at radius 3 is 2.95 bits per heavy atom. The third-order valence-electron chi connectivity index (χ3n) is 4.53. The maximum absolute atomic E-state index is 10.2. The molecule has 4 atom stereocenters. The summed E-state index contributed by atoms with van der Waals surface area (Å²) < 4.78 is 6.13. The number of fused-ring (bicyclic) bond motifs is 1. The van der Waals surface area contributed by atoms with Crippen molar-refractivity contribution in [2.24, 2.45) is 4.99 Å². The summed E-state index contributed by atoms with van der Waals surface area (Å²) >= 11 is 1.78. The molecule has 0 aliphatic carbocycles. The second kappa shape index (κ2) is 6.67. The minimum absolute atomic E-state index is 0.0171. The predicted molar refractivity (Wildman–Crippen MR) is 83.0 cm³/mol. The highest BCUT2D eigenvalue weighted by atomic mass is 32.2. The molecule has 0 amide bonds. The molecule has 3 heterocycles. The molecule has 0 spiro atoms. The van der Waals surface area contributed by atoms with Gasteiger partial charge in [-0.3, -0.25) is 4.99 Å². The molecule has 0 radical (unpaired) electrons. The van der Waals surface area contributed by atoms with Crippen LogP contribution < -0.4 is 0 Å². The van der Waals surface area contributed by atoms with Crippen LogP contribution in [-0.4, -0.2) is 51.9 Å². The Balaban J connectivity index is 1.53. The number of amidine groups is 1. The fraction of sp³-hybridized carbons (Fsp3) is 0.933. The van der Waals surface area contributed by atoms with Gasteiger partial charge in [0.05, 0.1) is 18.2 Å². The first-order chi connectivity index (χ1) is 9.78. The minimum Gasteiger partial charge on any atom is -0.390 e. The van der Waals surface area contributed by atoms with Crippen molar-refractivity contribution in [3.63, 3.8) is 0 Å². The first-order valence-corrected chi connectivity index (χ1v) is 8.99. The number of hydrogen-bond donors (Lipinski definition) is 1. The van der Waals surface area contributed by atoms with E-state index in [9.17, 15) is 5.11 Å². The minimum atomic E-state index is -0.299. The third kappa shape index (κ3) is 3.15. The van der Waals surface area contributed by atoms with Crippen LogP contribution in [0.3, 0.4) is 0 Å². The fourth-order valence-corrected chi connectivity index (χ4v) is 4.54. The number of ether oxygens (including phenoxy) is 1. The molecule has 5 heteroatoms. The summed E-state index contributed by atoms with van der Waals surface area (Å²) in [5, 5.41) is 11.4. The predicted octanol–water partition coefficient (Wildman–Crippen LogP) is 2.61. The van der Waals surface area contributed by atoms with Gasteiger partial charge in [-0.2, -0.15) is 0 Å². The van der Waals surface area contributed by atoms with Crippen LogP contribution in [0.5, 0.6) is 0 Å². The lowest BCUT2D eigenvalue weighted by Gasteiger charge is -2.33. The molecule has 1 N–H and O–H groups in total. The number of likely N-dealkylation sites (tertiary alicyclic amines) is 1. The van der Waals surface area contributed by atoms with Crippen molar-refractivity contribution >= 4 is 16.9 Å². The molecule has 4 nitrogen and oxygen atoms in total. The van der Waals surface area contributed by atoms with Crippen LogP contribution in [0.4, 0.5) is 0 Å². The number of aliphatic imine (C=N–C) groups is 1. The van der Waals surface area contributed by atoms with Crippen LogP contribution >= 0.6 is 11.8 Å². The number of unbranched alkanes of at least 4 members (excludes halogenated alkanes) is 1. The Hall–Kier alpha value is -0.260. The number of nitrogens with zero attached hydrogens (tertiary/aromatic N) is 2. The van der Waals surface area contributed by atoms with Crippen molar-refractivity contribution in [1.82, 2.24) is 4.90 Å². The van der Waals surface area contributed by atoms with E-state index < -0.39 is 0 Å². The lowest BCUT2D eigenvalue weighted by atomic mass is 9.98. The Morgan fingerprint density at radius 1 is 1.40 bits per heavy atom. The van der Waals surface area contributed by atoms with E-state index in [1.165, 1.54) is 18.0 Å². The summed E-state index contributed by atoms with van der Waals surface area (Å²) in [5.41, 5.74) is 0.139. The average molecular weight is 298 g/mol. The van der Waals surface area contributed by atoms with Crippen molar-refractivity contribution in [1.29, 1.82) is 0 Å². The van der Waals surface area contributed by atoms with E-state index >= 15 is 0 Å². The summed E-state index contributed by atoms with van der Waals surface area (Å²) in [6.07, 6.45) is 7.37. The van der Waals surface area contributed by atoms with Crippen LogP contribution in [-0.2, 0) is 4.74 Å². The van der Waals surface area contributed by atoms with E-state index in [0.29, 0.717) is 6.04 Å². The van der Waals surface area contributed by atoms with Gasteiger partial charge in [0.1, 0.15) is 5.44 Å². The van der Waals surface area contributed by atoms with Gasteiger partial charge in [0.15, 0.2) is 5.17 Å². The Kier molecular flexibility index (Phi) is 4.89. The second-order valence-corrected chi connectivity index (χ2v) is 7.19. The van der Waals surface area contributed by atoms with Gasteiger partial charge in [-0.05, 0) is 32.1 Å². The summed E-state index contributed by atoms with van der Waals surface area (Å²) in [4.78, 5) is 7.24. The topological polar surface area (TPSA) is 45.1 Å². The van der Waals surface area contributed by atoms with Gasteiger partial charge in [0, 0.05) is 13.1 Å². The van der Waals surface area contributed by atoms with Crippen LogP contribution in [0.15, 0.2) is 4.99 Å². The van der Waals surface area contributed by atoms with Crippen molar-refractivity contribution in [3.05, 3.63) is 0 Å². The maximum Gasteiger partial charge on any atom is 0.162 e. The summed E-state index contributed by atoms with van der Waals surface area (Å²) in [7, 11) is 0. The zero-order chi connectivity index (χ0) is 13.9. The molecule has 3 aliphatic rings. The number of aliphatic hydroxyl groups is 1. The summed E-state index contributed by atoms with van der Waals surface area (Å²) in [5.74, 6) is 0. The molecule has 114 valence electrons. The third-order valence-corrected chi connectivity index (χ3v) is 5.76. The summed E-state index contributed by atoms with van der Waals surface area (Å²) in [6.45, 7) is 4.45. The highest BCUT2D eigenvalue weighted by Crippen LogP contribution is 2.38. The first-order valence-electron chi connectivity index (χ1n) is 8.11. The largest absolute Gasteiger partial charge is 0.390 e. The van der Waals surface area contributed by atoms with Crippen LogP contribution in [0, 0.1) is 0 Å². The van der Waals surface area contributed by atoms with Gasteiger partial charge in [0.25, 0.3) is 0 Å². The molecule has 0 aromatic carbocycles. The zero-order valence-electron chi connectivity index (χ0n) is 12.3. The molecule has 2 saturated heterocycles. The van der Waals surface area contributed by atoms with Gasteiger partial charge in [-0.1, -0.05) is 31.5 Å². The SMILES string of the molecule is CCCC[C@H](O)[C@H]1CC[C@H]2N=C(N3CCCC3)S[C@H]2O1. The highest BCUT2D eigenvalue weighted by Gasteiger charge is 2.40. The van der Waals surface area contributed by atoms with E-state index in [1.54, 1.807) is 11.8 Å². The van der Waals surface area contributed by atoms with E-state index in [4.69, 9.17) is 9.73 Å². The van der Waals surface area contributed by atoms with E-state index in [2.05, 4.69) is 11.8 Å². The number of rotatable bonds is 4. The van der Waals surface area contributed by atoms with E-state index in [0.717, 1.165) is 45.2 Å². The lowest BCUT2D eigenvalue weighted by Crippen LogP contribution is -2.40. The number of thioether (sulfide) groups is 1. The van der Waals surface area contributed by atoms with Crippen molar-refractivity contribution in [2.45, 2.75) is 75.6 Å². The van der Waals surface area contributed by atoms with Crippen molar-refractivity contribution in [3.8, 4) is 0 Å².